The number of ether oxygens (including phenoxy) is 2. The van der Waals surface area contributed by atoms with E-state index in [1.807, 2.05) is 13.0 Å². The number of benzene rings is 1. The second kappa shape index (κ2) is 9.43. The molecule has 0 spiro atoms. The maximum absolute atomic E-state index is 6.22. The highest BCUT2D eigenvalue weighted by molar-refractivity contribution is 6.32. The molecule has 0 aliphatic heterocycles. The summed E-state index contributed by atoms with van der Waals surface area (Å²) in [5.41, 5.74) is 8.11. The Kier molecular flexibility index (Phi) is 9.19. The average molecular weight is 308 g/mol. The summed E-state index contributed by atoms with van der Waals surface area (Å²) >= 11 is 6.22. The third-order valence-electron chi connectivity index (χ3n) is 2.86. The van der Waals surface area contributed by atoms with Gasteiger partial charge in [0.1, 0.15) is 5.75 Å². The average Bonchev–Trinajstić information content (AvgIpc) is 2.36. The molecular formula is C14H23Cl2NO2. The molecule has 0 radical (unpaired) electrons. The molecule has 1 aromatic carbocycles. The first-order chi connectivity index (χ1) is 8.62. The Morgan fingerprint density at radius 1 is 1.32 bits per heavy atom. The minimum absolute atomic E-state index is 0. The first-order valence-corrected chi connectivity index (χ1v) is 6.68. The Hall–Kier alpha value is -0.480. The van der Waals surface area contributed by atoms with Crippen molar-refractivity contribution < 1.29 is 9.47 Å². The highest BCUT2D eigenvalue weighted by Gasteiger charge is 2.13. The zero-order valence-corrected chi connectivity index (χ0v) is 13.3. The van der Waals surface area contributed by atoms with Crippen LogP contribution in [0.1, 0.15) is 31.4 Å². The van der Waals surface area contributed by atoms with Crippen molar-refractivity contribution >= 4 is 24.0 Å². The summed E-state index contributed by atoms with van der Waals surface area (Å²) in [5, 5.41) is 0.619. The molecule has 0 bridgehead atoms. The maximum atomic E-state index is 6.22. The molecule has 1 atom stereocenters. The Bertz CT molecular complexity index is 386. The van der Waals surface area contributed by atoms with Gasteiger partial charge in [0.25, 0.3) is 0 Å². The van der Waals surface area contributed by atoms with Crippen LogP contribution >= 0.6 is 24.0 Å². The summed E-state index contributed by atoms with van der Waals surface area (Å²) in [5.74, 6) is 0.723. The topological polar surface area (TPSA) is 44.5 Å². The molecule has 0 fully saturated rings. The van der Waals surface area contributed by atoms with Crippen LogP contribution in [0.2, 0.25) is 5.02 Å². The van der Waals surface area contributed by atoms with E-state index in [4.69, 9.17) is 26.8 Å². The smallest absolute Gasteiger partial charge is 0.140 e. The molecule has 0 amide bonds. The van der Waals surface area contributed by atoms with E-state index >= 15 is 0 Å². The molecule has 0 heterocycles. The van der Waals surface area contributed by atoms with Gasteiger partial charge in [-0.3, -0.25) is 0 Å². The van der Waals surface area contributed by atoms with Crippen molar-refractivity contribution in [2.24, 2.45) is 5.73 Å². The van der Waals surface area contributed by atoms with E-state index in [-0.39, 0.29) is 18.4 Å². The molecule has 0 saturated heterocycles. The molecular weight excluding hydrogens is 285 g/mol. The number of halogens is 2. The highest BCUT2D eigenvalue weighted by Crippen LogP contribution is 2.31. The van der Waals surface area contributed by atoms with Crippen molar-refractivity contribution in [1.82, 2.24) is 0 Å². The van der Waals surface area contributed by atoms with Gasteiger partial charge in [-0.25, -0.2) is 0 Å². The van der Waals surface area contributed by atoms with Gasteiger partial charge >= 0.3 is 0 Å². The van der Waals surface area contributed by atoms with E-state index in [1.165, 1.54) is 0 Å². The Labute approximate surface area is 126 Å². The summed E-state index contributed by atoms with van der Waals surface area (Å²) in [7, 11) is 1.63. The van der Waals surface area contributed by atoms with E-state index < -0.39 is 0 Å². The van der Waals surface area contributed by atoms with Crippen molar-refractivity contribution in [3.63, 3.8) is 0 Å². The Morgan fingerprint density at radius 3 is 2.53 bits per heavy atom. The molecule has 1 unspecified atom stereocenters. The van der Waals surface area contributed by atoms with E-state index in [1.54, 1.807) is 7.11 Å². The summed E-state index contributed by atoms with van der Waals surface area (Å²) in [6, 6.07) is 4.07. The molecule has 2 N–H and O–H groups in total. The fourth-order valence-electron chi connectivity index (χ4n) is 1.82. The quantitative estimate of drug-likeness (QED) is 0.837. The molecule has 0 saturated carbocycles. The number of rotatable bonds is 7. The van der Waals surface area contributed by atoms with Gasteiger partial charge in [-0.05, 0) is 43.0 Å². The van der Waals surface area contributed by atoms with Crippen LogP contribution in [0, 0.1) is 0 Å². The van der Waals surface area contributed by atoms with Gasteiger partial charge in [0.15, 0.2) is 0 Å². The van der Waals surface area contributed by atoms with Gasteiger partial charge in [0.2, 0.25) is 0 Å². The predicted molar refractivity (Wildman–Crippen MR) is 82.6 cm³/mol. The molecule has 110 valence electrons. The molecule has 1 aromatic rings. The lowest BCUT2D eigenvalue weighted by atomic mass is 10.0. The molecule has 5 heteroatoms. The predicted octanol–water partition coefficient (Wildman–Crippen LogP) is 3.59. The van der Waals surface area contributed by atoms with Crippen LogP contribution in [0.15, 0.2) is 12.1 Å². The SMILES string of the molecule is CCOCc1cc(Cl)c(OC)c(CC(N)CC)c1.Cl. The van der Waals surface area contributed by atoms with Crippen LogP contribution in [0.5, 0.6) is 5.75 Å². The summed E-state index contributed by atoms with van der Waals surface area (Å²) in [6.07, 6.45) is 1.69. The van der Waals surface area contributed by atoms with Crippen LogP contribution in [0.25, 0.3) is 0 Å². The van der Waals surface area contributed by atoms with Gasteiger partial charge in [0.05, 0.1) is 18.7 Å². The van der Waals surface area contributed by atoms with E-state index in [0.717, 1.165) is 29.7 Å². The van der Waals surface area contributed by atoms with Gasteiger partial charge in [0, 0.05) is 12.6 Å². The number of hydrogen-bond donors (Lipinski definition) is 1. The Balaban J connectivity index is 0.00000324. The van der Waals surface area contributed by atoms with Crippen molar-refractivity contribution in [2.75, 3.05) is 13.7 Å². The van der Waals surface area contributed by atoms with Crippen molar-refractivity contribution in [3.05, 3.63) is 28.3 Å². The van der Waals surface area contributed by atoms with Gasteiger partial charge < -0.3 is 15.2 Å². The minimum Gasteiger partial charge on any atom is -0.495 e. The fourth-order valence-corrected chi connectivity index (χ4v) is 2.16. The third-order valence-corrected chi connectivity index (χ3v) is 3.14. The lowest BCUT2D eigenvalue weighted by Crippen LogP contribution is -2.21. The number of methoxy groups -OCH3 is 1. The minimum atomic E-state index is 0. The fraction of sp³-hybridized carbons (Fsp3) is 0.571. The standard InChI is InChI=1S/C14H22ClNO2.ClH/c1-4-12(16)8-11-6-10(9-18-5-2)7-13(15)14(11)17-3;/h6-7,12H,4-5,8-9,16H2,1-3H3;1H. The van der Waals surface area contributed by atoms with E-state index in [0.29, 0.717) is 18.2 Å². The first-order valence-electron chi connectivity index (χ1n) is 6.30. The van der Waals surface area contributed by atoms with Gasteiger partial charge in [-0.1, -0.05) is 18.5 Å². The molecule has 0 aliphatic rings. The Morgan fingerprint density at radius 2 is 2.00 bits per heavy atom. The van der Waals surface area contributed by atoms with Crippen LogP contribution in [0.3, 0.4) is 0 Å². The maximum Gasteiger partial charge on any atom is 0.140 e. The lowest BCUT2D eigenvalue weighted by Gasteiger charge is -2.15. The normalized spacial score (nSPS) is 11.8. The summed E-state index contributed by atoms with van der Waals surface area (Å²) in [4.78, 5) is 0. The van der Waals surface area contributed by atoms with Crippen LogP contribution in [0.4, 0.5) is 0 Å². The summed E-state index contributed by atoms with van der Waals surface area (Å²) < 4.78 is 10.8. The third kappa shape index (κ3) is 5.57. The zero-order valence-electron chi connectivity index (χ0n) is 11.7. The summed E-state index contributed by atoms with van der Waals surface area (Å²) in [6.45, 7) is 5.30. The molecule has 1 rings (SSSR count). The highest BCUT2D eigenvalue weighted by atomic mass is 35.5. The van der Waals surface area contributed by atoms with Crippen molar-refractivity contribution in [3.8, 4) is 5.75 Å². The van der Waals surface area contributed by atoms with Gasteiger partial charge in [-0.2, -0.15) is 0 Å². The van der Waals surface area contributed by atoms with Gasteiger partial charge in [-0.15, -0.1) is 12.4 Å². The monoisotopic (exact) mass is 307 g/mol. The zero-order chi connectivity index (χ0) is 13.5. The van der Waals surface area contributed by atoms with Crippen LogP contribution in [-0.2, 0) is 17.8 Å². The lowest BCUT2D eigenvalue weighted by molar-refractivity contribution is 0.134. The largest absolute Gasteiger partial charge is 0.495 e. The second-order valence-electron chi connectivity index (χ2n) is 4.28. The van der Waals surface area contributed by atoms with E-state index in [2.05, 4.69) is 13.0 Å². The second-order valence-corrected chi connectivity index (χ2v) is 4.69. The van der Waals surface area contributed by atoms with Crippen molar-refractivity contribution in [1.29, 1.82) is 0 Å². The first kappa shape index (κ1) is 18.5. The molecule has 0 aromatic heterocycles. The van der Waals surface area contributed by atoms with Crippen LogP contribution in [-0.4, -0.2) is 19.8 Å². The molecule has 0 aliphatic carbocycles. The van der Waals surface area contributed by atoms with Crippen molar-refractivity contribution in [2.45, 2.75) is 39.3 Å². The number of nitrogens with two attached hydrogens (primary N) is 1. The number of hydrogen-bond acceptors (Lipinski definition) is 3. The molecule has 3 nitrogen and oxygen atoms in total. The molecule has 19 heavy (non-hydrogen) atoms. The van der Waals surface area contributed by atoms with Crippen LogP contribution < -0.4 is 10.5 Å². The van der Waals surface area contributed by atoms with E-state index in [9.17, 15) is 0 Å².